The monoisotopic (exact) mass is 401 g/mol. The van der Waals surface area contributed by atoms with Gasteiger partial charge in [0.2, 0.25) is 0 Å². The Morgan fingerprint density at radius 3 is 2.93 bits per heavy atom. The molecule has 4 rings (SSSR count). The smallest absolute Gasteiger partial charge is 0.308 e. The molecule has 0 aromatic carbocycles. The number of hydrogen-bond acceptors (Lipinski definition) is 5. The van der Waals surface area contributed by atoms with E-state index in [4.69, 9.17) is 16.3 Å². The number of methoxy groups -OCH3 is 1. The minimum absolute atomic E-state index is 0.0272. The molecule has 2 aromatic heterocycles. The summed E-state index contributed by atoms with van der Waals surface area (Å²) in [5.41, 5.74) is 2.96. The molecule has 5 nitrogen and oxygen atoms in total. The van der Waals surface area contributed by atoms with Gasteiger partial charge < -0.3 is 4.74 Å². The molecule has 0 N–H and O–H groups in total. The van der Waals surface area contributed by atoms with Crippen molar-refractivity contribution in [3.63, 3.8) is 0 Å². The molecule has 2 aromatic rings. The quantitative estimate of drug-likeness (QED) is 0.719. The maximum absolute atomic E-state index is 14.5. The Morgan fingerprint density at radius 2 is 2.11 bits per heavy atom. The third-order valence-electron chi connectivity index (χ3n) is 5.65. The van der Waals surface area contributed by atoms with E-state index in [1.807, 2.05) is 12.1 Å². The van der Waals surface area contributed by atoms with Gasteiger partial charge in [0.05, 0.1) is 35.6 Å². The van der Waals surface area contributed by atoms with E-state index in [1.165, 1.54) is 13.3 Å². The van der Waals surface area contributed by atoms with E-state index < -0.39 is 5.82 Å². The second-order valence-corrected chi connectivity index (χ2v) is 7.77. The molecule has 2 atom stereocenters. The number of pyridine rings is 1. The summed E-state index contributed by atoms with van der Waals surface area (Å²) >= 11 is 6.09. The average Bonchev–Trinajstić information content (AvgIpc) is 3.12. The van der Waals surface area contributed by atoms with Crippen LogP contribution in [0.5, 0.6) is 0 Å². The third-order valence-corrected chi connectivity index (χ3v) is 5.86. The second-order valence-electron chi connectivity index (χ2n) is 7.34. The van der Waals surface area contributed by atoms with Crippen molar-refractivity contribution in [2.24, 2.45) is 11.8 Å². The fourth-order valence-electron chi connectivity index (χ4n) is 4.22. The lowest BCUT2D eigenvalue weighted by atomic mass is 9.77. The van der Waals surface area contributed by atoms with Gasteiger partial charge in [-0.15, -0.1) is 0 Å². The fourth-order valence-corrected chi connectivity index (χ4v) is 4.38. The first-order valence-electron chi connectivity index (χ1n) is 9.51. The number of fused-ring (bicyclic) bond motifs is 1. The van der Waals surface area contributed by atoms with Gasteiger partial charge in [-0.2, -0.15) is 0 Å². The first-order valence-corrected chi connectivity index (χ1v) is 9.89. The van der Waals surface area contributed by atoms with Crippen molar-refractivity contribution < 1.29 is 13.9 Å². The molecule has 7 heteroatoms. The van der Waals surface area contributed by atoms with Gasteiger partial charge >= 0.3 is 5.97 Å². The lowest BCUT2D eigenvalue weighted by Gasteiger charge is -2.29. The van der Waals surface area contributed by atoms with E-state index in [0.29, 0.717) is 29.4 Å². The van der Waals surface area contributed by atoms with Crippen LogP contribution < -0.4 is 0 Å². The zero-order chi connectivity index (χ0) is 19.7. The van der Waals surface area contributed by atoms with Crippen LogP contribution in [0.4, 0.5) is 4.39 Å². The molecule has 0 unspecified atom stereocenters. The van der Waals surface area contributed by atoms with E-state index in [9.17, 15) is 9.18 Å². The summed E-state index contributed by atoms with van der Waals surface area (Å²) in [4.78, 5) is 25.2. The number of aromatic nitrogens is 3. The highest BCUT2D eigenvalue weighted by atomic mass is 35.5. The van der Waals surface area contributed by atoms with Gasteiger partial charge in [-0.25, -0.2) is 14.4 Å². The summed E-state index contributed by atoms with van der Waals surface area (Å²) in [6.45, 7) is 0. The van der Waals surface area contributed by atoms with E-state index in [-0.39, 0.29) is 17.8 Å². The molecular weight excluding hydrogens is 381 g/mol. The second kappa shape index (κ2) is 7.95. The molecule has 2 aliphatic carbocycles. The van der Waals surface area contributed by atoms with Gasteiger partial charge in [0, 0.05) is 23.8 Å². The Balaban J connectivity index is 1.62. The maximum Gasteiger partial charge on any atom is 0.308 e. The number of nitrogens with zero attached hydrogens (tertiary/aromatic N) is 3. The Hall–Kier alpha value is -2.34. The molecule has 146 valence electrons. The number of carbonyl (C=O) groups is 1. The summed E-state index contributed by atoms with van der Waals surface area (Å²) in [6.07, 6.45) is 9.55. The van der Waals surface area contributed by atoms with Gasteiger partial charge in [0.15, 0.2) is 11.6 Å². The molecule has 1 fully saturated rings. The van der Waals surface area contributed by atoms with E-state index in [0.717, 1.165) is 42.5 Å². The maximum atomic E-state index is 14.5. The molecule has 0 spiro atoms. The number of hydrogen-bond donors (Lipinski definition) is 0. The van der Waals surface area contributed by atoms with Crippen molar-refractivity contribution in [1.82, 2.24) is 15.0 Å². The Labute approximate surface area is 168 Å². The van der Waals surface area contributed by atoms with Crippen LogP contribution in [0.25, 0.3) is 5.57 Å². The topological polar surface area (TPSA) is 65.0 Å². The van der Waals surface area contributed by atoms with Crippen LogP contribution in [0, 0.1) is 17.7 Å². The lowest BCUT2D eigenvalue weighted by Crippen LogP contribution is -2.30. The van der Waals surface area contributed by atoms with Crippen LogP contribution in [-0.2, 0) is 22.4 Å². The van der Waals surface area contributed by atoms with Crippen LogP contribution in [0.2, 0.25) is 5.02 Å². The Kier molecular flexibility index (Phi) is 5.40. The van der Waals surface area contributed by atoms with Gasteiger partial charge in [0.25, 0.3) is 0 Å². The SMILES string of the molecule is COC(=O)[C@H]1CCCC[C@@H]1Cc1nc(C2=CCc3ncc(Cl)cc32)ncc1F. The minimum Gasteiger partial charge on any atom is -0.469 e. The van der Waals surface area contributed by atoms with Crippen molar-refractivity contribution >= 4 is 23.1 Å². The average molecular weight is 402 g/mol. The van der Waals surface area contributed by atoms with Gasteiger partial charge in [-0.05, 0) is 31.2 Å². The molecule has 0 saturated heterocycles. The highest BCUT2D eigenvalue weighted by molar-refractivity contribution is 6.30. The van der Waals surface area contributed by atoms with Gasteiger partial charge in [-0.3, -0.25) is 9.78 Å². The predicted molar refractivity (Wildman–Crippen MR) is 103 cm³/mol. The van der Waals surface area contributed by atoms with Crippen LogP contribution in [0.15, 0.2) is 24.5 Å². The number of rotatable bonds is 4. The lowest BCUT2D eigenvalue weighted by molar-refractivity contribution is -0.148. The largest absolute Gasteiger partial charge is 0.469 e. The third kappa shape index (κ3) is 3.65. The van der Waals surface area contributed by atoms with Gasteiger partial charge in [-0.1, -0.05) is 30.5 Å². The number of ether oxygens (including phenoxy) is 1. The van der Waals surface area contributed by atoms with Crippen LogP contribution in [0.1, 0.15) is 48.5 Å². The fraction of sp³-hybridized carbons (Fsp3) is 0.429. The molecule has 0 aliphatic heterocycles. The molecule has 28 heavy (non-hydrogen) atoms. The number of halogens is 2. The summed E-state index contributed by atoms with van der Waals surface area (Å²) < 4.78 is 19.4. The van der Waals surface area contributed by atoms with Crippen LogP contribution in [-0.4, -0.2) is 28.0 Å². The van der Waals surface area contributed by atoms with Crippen LogP contribution >= 0.6 is 11.6 Å². The van der Waals surface area contributed by atoms with Gasteiger partial charge in [0.1, 0.15) is 0 Å². The highest BCUT2D eigenvalue weighted by Crippen LogP contribution is 2.35. The van der Waals surface area contributed by atoms with Crippen molar-refractivity contribution in [3.05, 3.63) is 58.2 Å². The number of carbonyl (C=O) groups excluding carboxylic acids is 1. The minimum atomic E-state index is -0.444. The summed E-state index contributed by atoms with van der Waals surface area (Å²) in [6, 6.07) is 1.84. The molecule has 1 saturated carbocycles. The van der Waals surface area contributed by atoms with Crippen molar-refractivity contribution in [3.8, 4) is 0 Å². The summed E-state index contributed by atoms with van der Waals surface area (Å²) in [5, 5.41) is 0.539. The first kappa shape index (κ1) is 19.0. The van der Waals surface area contributed by atoms with E-state index in [2.05, 4.69) is 15.0 Å². The number of allylic oxidation sites excluding steroid dienone is 1. The normalized spacial score (nSPS) is 21.2. The molecular formula is C21H21ClFN3O2. The number of esters is 1. The van der Waals surface area contributed by atoms with E-state index >= 15 is 0 Å². The van der Waals surface area contributed by atoms with Crippen molar-refractivity contribution in [1.29, 1.82) is 0 Å². The predicted octanol–water partition coefficient (Wildman–Crippen LogP) is 4.17. The summed E-state index contributed by atoms with van der Waals surface area (Å²) in [7, 11) is 1.40. The first-order chi connectivity index (χ1) is 13.6. The Bertz CT molecular complexity index is 947. The molecule has 0 bridgehead atoms. The summed E-state index contributed by atoms with van der Waals surface area (Å²) in [5.74, 6) is -0.372. The van der Waals surface area contributed by atoms with Crippen LogP contribution in [0.3, 0.4) is 0 Å². The highest BCUT2D eigenvalue weighted by Gasteiger charge is 2.33. The Morgan fingerprint density at radius 1 is 1.29 bits per heavy atom. The molecule has 0 amide bonds. The zero-order valence-electron chi connectivity index (χ0n) is 15.6. The van der Waals surface area contributed by atoms with Crippen molar-refractivity contribution in [2.75, 3.05) is 7.11 Å². The standard InChI is InChI=1S/C21H21ClFN3O2/c1-28-21(27)14-5-3-2-4-12(14)8-19-17(23)11-25-20(26-19)15-6-7-18-16(15)9-13(22)10-24-18/h6,9-12,14H,2-5,7-8H2,1H3/t12-,14+/m1/s1. The zero-order valence-corrected chi connectivity index (χ0v) is 16.4. The van der Waals surface area contributed by atoms with E-state index in [1.54, 1.807) is 6.20 Å². The molecule has 2 aliphatic rings. The van der Waals surface area contributed by atoms with Crippen molar-refractivity contribution in [2.45, 2.75) is 38.5 Å². The molecule has 0 radical (unpaired) electrons. The molecule has 2 heterocycles.